The van der Waals surface area contributed by atoms with Gasteiger partial charge in [0.05, 0.1) is 10.3 Å². The van der Waals surface area contributed by atoms with Crippen LogP contribution in [0.15, 0.2) is 91.0 Å². The van der Waals surface area contributed by atoms with Crippen LogP contribution in [0.4, 0.5) is 5.69 Å². The fraction of sp³-hybridized carbons (Fsp3) is 0.250. The average molecular weight is 462 g/mol. The van der Waals surface area contributed by atoms with Gasteiger partial charge in [0, 0.05) is 6.07 Å². The van der Waals surface area contributed by atoms with Gasteiger partial charge in [-0.15, -0.1) is 0 Å². The minimum absolute atomic E-state index is 0.0146. The van der Waals surface area contributed by atoms with Crippen LogP contribution in [-0.2, 0) is 10.8 Å². The Hall–Kier alpha value is -3.72. The van der Waals surface area contributed by atoms with E-state index in [4.69, 9.17) is 0 Å². The fourth-order valence-electron chi connectivity index (χ4n) is 5.62. The van der Waals surface area contributed by atoms with E-state index in [1.54, 1.807) is 6.07 Å². The molecule has 0 saturated carbocycles. The highest BCUT2D eigenvalue weighted by molar-refractivity contribution is 6.13. The van der Waals surface area contributed by atoms with Crippen molar-refractivity contribution in [1.82, 2.24) is 0 Å². The Morgan fingerprint density at radius 1 is 0.629 bits per heavy atom. The molecule has 0 fully saturated rings. The van der Waals surface area contributed by atoms with E-state index in [0.29, 0.717) is 5.39 Å². The first-order valence-electron chi connectivity index (χ1n) is 12.3. The maximum atomic E-state index is 11.7. The molecule has 0 aliphatic heterocycles. The largest absolute Gasteiger partial charge is 0.277 e. The van der Waals surface area contributed by atoms with E-state index in [1.165, 1.54) is 21.9 Å². The van der Waals surface area contributed by atoms with Gasteiger partial charge in [-0.05, 0) is 67.8 Å². The van der Waals surface area contributed by atoms with Gasteiger partial charge in [0.1, 0.15) is 0 Å². The third kappa shape index (κ3) is 4.05. The second-order valence-electron chi connectivity index (χ2n) is 10.9. The second-order valence-corrected chi connectivity index (χ2v) is 10.9. The first-order valence-corrected chi connectivity index (χ1v) is 12.3. The normalized spacial score (nSPS) is 15.9. The van der Waals surface area contributed by atoms with Crippen LogP contribution in [0, 0.1) is 10.1 Å². The van der Waals surface area contributed by atoms with E-state index in [-0.39, 0.29) is 21.4 Å². The second kappa shape index (κ2) is 8.49. The Balaban J connectivity index is 0.000000211. The predicted molar refractivity (Wildman–Crippen MR) is 147 cm³/mol. The van der Waals surface area contributed by atoms with Crippen molar-refractivity contribution < 1.29 is 4.92 Å². The summed E-state index contributed by atoms with van der Waals surface area (Å²) in [7, 11) is 0. The summed E-state index contributed by atoms with van der Waals surface area (Å²) in [4.78, 5) is 11.5. The molecule has 0 N–H and O–H groups in total. The molecule has 5 aromatic rings. The van der Waals surface area contributed by atoms with Crippen LogP contribution < -0.4 is 0 Å². The maximum Gasteiger partial charge on any atom is 0.277 e. The van der Waals surface area contributed by atoms with Crippen molar-refractivity contribution >= 4 is 38.0 Å². The molecule has 35 heavy (non-hydrogen) atoms. The van der Waals surface area contributed by atoms with Gasteiger partial charge in [0.2, 0.25) is 0 Å². The van der Waals surface area contributed by atoms with Gasteiger partial charge in [0.25, 0.3) is 5.69 Å². The van der Waals surface area contributed by atoms with Gasteiger partial charge < -0.3 is 0 Å². The van der Waals surface area contributed by atoms with Crippen molar-refractivity contribution in [1.29, 1.82) is 0 Å². The molecule has 0 aromatic heterocycles. The molecule has 0 spiro atoms. The van der Waals surface area contributed by atoms with Gasteiger partial charge in [-0.25, -0.2) is 0 Å². The quantitative estimate of drug-likeness (QED) is 0.142. The molecule has 0 bridgehead atoms. The summed E-state index contributed by atoms with van der Waals surface area (Å²) in [5.41, 5.74) is 2.94. The number of nitro benzene ring substituents is 1. The lowest BCUT2D eigenvalue weighted by molar-refractivity contribution is -0.382. The van der Waals surface area contributed by atoms with E-state index >= 15 is 0 Å². The van der Waals surface area contributed by atoms with E-state index in [1.807, 2.05) is 24.3 Å². The summed E-state index contributed by atoms with van der Waals surface area (Å²) in [5.74, 6) is 0. The Morgan fingerprint density at radius 2 is 1.11 bits per heavy atom. The van der Waals surface area contributed by atoms with E-state index < -0.39 is 0 Å². The average Bonchev–Trinajstić information content (AvgIpc) is 2.86. The molecular formula is C32H31NO2. The topological polar surface area (TPSA) is 43.1 Å². The molecule has 0 atom stereocenters. The lowest BCUT2D eigenvalue weighted by Gasteiger charge is -2.42. The van der Waals surface area contributed by atoms with Crippen LogP contribution in [0.3, 0.4) is 0 Å². The number of rotatable bonds is 1. The van der Waals surface area contributed by atoms with E-state index in [9.17, 15) is 10.1 Å². The highest BCUT2D eigenvalue weighted by Crippen LogP contribution is 2.50. The molecule has 0 unspecified atom stereocenters. The van der Waals surface area contributed by atoms with Gasteiger partial charge >= 0.3 is 0 Å². The van der Waals surface area contributed by atoms with Crippen molar-refractivity contribution in [3.05, 3.63) is 112 Å². The molecule has 0 radical (unpaired) electrons. The van der Waals surface area contributed by atoms with Crippen molar-refractivity contribution in [3.8, 4) is 0 Å². The first kappa shape index (κ1) is 23.0. The van der Waals surface area contributed by atoms with Crippen LogP contribution in [0.25, 0.3) is 32.3 Å². The molecule has 5 aromatic carbocycles. The van der Waals surface area contributed by atoms with Crippen LogP contribution >= 0.6 is 0 Å². The molecule has 6 rings (SSSR count). The lowest BCUT2D eigenvalue weighted by atomic mass is 9.62. The highest BCUT2D eigenvalue weighted by atomic mass is 16.6. The molecule has 176 valence electrons. The smallest absolute Gasteiger partial charge is 0.258 e. The van der Waals surface area contributed by atoms with Crippen molar-refractivity contribution in [2.75, 3.05) is 0 Å². The summed E-state index contributed by atoms with van der Waals surface area (Å²) < 4.78 is 0. The fourth-order valence-corrected chi connectivity index (χ4v) is 5.62. The van der Waals surface area contributed by atoms with Crippen LogP contribution in [0.2, 0.25) is 0 Å². The molecule has 1 aliphatic rings. The summed E-state index contributed by atoms with van der Waals surface area (Å²) in [5, 5.41) is 18.2. The molecule has 3 nitrogen and oxygen atoms in total. The number of hydrogen-bond acceptors (Lipinski definition) is 2. The van der Waals surface area contributed by atoms with Gasteiger partial charge in [-0.2, -0.15) is 0 Å². The number of hydrogen-bond donors (Lipinski definition) is 0. The predicted octanol–water partition coefficient (Wildman–Crippen LogP) is 9.09. The molecule has 1 aliphatic carbocycles. The van der Waals surface area contributed by atoms with Gasteiger partial charge in [-0.3, -0.25) is 10.1 Å². The summed E-state index contributed by atoms with van der Waals surface area (Å²) in [6, 6.07) is 30.6. The molecule has 3 heteroatoms. The zero-order chi connectivity index (χ0) is 24.8. The number of non-ortho nitro benzene ring substituents is 1. The number of nitro groups is 1. The summed E-state index contributed by atoms with van der Waals surface area (Å²) >= 11 is 0. The zero-order valence-corrected chi connectivity index (χ0v) is 20.8. The third-order valence-corrected chi connectivity index (χ3v) is 7.66. The van der Waals surface area contributed by atoms with E-state index in [0.717, 1.165) is 29.0 Å². The van der Waals surface area contributed by atoms with Crippen molar-refractivity contribution in [2.24, 2.45) is 0 Å². The molecular weight excluding hydrogens is 430 g/mol. The molecule has 0 heterocycles. The van der Waals surface area contributed by atoms with Gasteiger partial charge in [-0.1, -0.05) is 107 Å². The Labute approximate surface area is 206 Å². The maximum absolute atomic E-state index is 11.7. The van der Waals surface area contributed by atoms with Gasteiger partial charge in [0.15, 0.2) is 0 Å². The monoisotopic (exact) mass is 461 g/mol. The number of fused-ring (bicyclic) bond motifs is 6. The first-order chi connectivity index (χ1) is 16.7. The summed E-state index contributed by atoms with van der Waals surface area (Å²) in [6.07, 6.45) is 2.22. The van der Waals surface area contributed by atoms with Crippen molar-refractivity contribution in [2.45, 2.75) is 51.4 Å². The minimum Gasteiger partial charge on any atom is -0.258 e. The number of nitrogens with zero attached hydrogens (tertiary/aromatic N) is 1. The molecule has 0 saturated heterocycles. The van der Waals surface area contributed by atoms with Crippen molar-refractivity contribution in [3.63, 3.8) is 0 Å². The van der Waals surface area contributed by atoms with Crippen LogP contribution in [-0.4, -0.2) is 4.92 Å². The number of benzene rings is 5. The Bertz CT molecular complexity index is 1510. The minimum atomic E-state index is -0.248. The van der Waals surface area contributed by atoms with Crippen LogP contribution in [0.5, 0.6) is 0 Å². The Morgan fingerprint density at radius 3 is 1.69 bits per heavy atom. The van der Waals surface area contributed by atoms with Crippen LogP contribution in [0.1, 0.15) is 51.7 Å². The Kier molecular flexibility index (Phi) is 5.59. The standard InChI is InChI=1S/C22H23NO2.C10H8/c1-21(2)11-12-22(3,4)20-17-13-19(23(24)25)16-8-6-5-7-14(16)15(17)9-10-18(20)21;1-2-6-10-8-4-3-7-9(10)5-1/h5-10,13H,11-12H2,1-4H3;1-8H. The molecule has 0 amide bonds. The zero-order valence-electron chi connectivity index (χ0n) is 20.8. The summed E-state index contributed by atoms with van der Waals surface area (Å²) in [6.45, 7) is 9.09. The SMILES string of the molecule is CC1(C)CCC(C)(C)c2c1ccc1c2cc([N+](=O)[O-])c2ccccc21.c1ccc2ccccc2c1. The van der Waals surface area contributed by atoms with E-state index in [2.05, 4.69) is 88.4 Å². The highest BCUT2D eigenvalue weighted by Gasteiger charge is 2.38. The lowest BCUT2D eigenvalue weighted by Crippen LogP contribution is -2.34. The third-order valence-electron chi connectivity index (χ3n) is 7.66.